The number of nitrogens with two attached hydrogens (primary N) is 1. The second-order valence-electron chi connectivity index (χ2n) is 11.1. The number of primary amides is 1. The molecule has 0 unspecified atom stereocenters. The molecular weight excluding hydrogens is 569 g/mol. The van der Waals surface area contributed by atoms with E-state index < -0.39 is 41.7 Å². The number of nitrogens with zero attached hydrogens (tertiary/aromatic N) is 3. The van der Waals surface area contributed by atoms with Gasteiger partial charge in [0.05, 0.1) is 17.3 Å². The highest BCUT2D eigenvalue weighted by Gasteiger charge is 2.56. The topological polar surface area (TPSA) is 103 Å². The van der Waals surface area contributed by atoms with Crippen LogP contribution >= 0.6 is 0 Å². The minimum atomic E-state index is -2.78. The highest BCUT2D eigenvalue weighted by molar-refractivity contribution is 5.94. The molecule has 1 fully saturated rings. The van der Waals surface area contributed by atoms with Crippen LogP contribution in [0.3, 0.4) is 0 Å². The molecule has 4 aromatic rings. The van der Waals surface area contributed by atoms with Gasteiger partial charge in [-0.25, -0.2) is 22.0 Å². The van der Waals surface area contributed by atoms with E-state index in [1.54, 1.807) is 12.1 Å². The van der Waals surface area contributed by atoms with E-state index in [4.69, 9.17) is 5.73 Å². The zero-order valence-electron chi connectivity index (χ0n) is 22.8. The summed E-state index contributed by atoms with van der Waals surface area (Å²) in [4.78, 5) is 29.7. The van der Waals surface area contributed by atoms with Gasteiger partial charge >= 0.3 is 0 Å². The lowest BCUT2D eigenvalue weighted by Gasteiger charge is -2.22. The molecular formula is C31H26F5N5O2. The number of benzene rings is 2. The molecule has 0 aliphatic heterocycles. The van der Waals surface area contributed by atoms with Crippen LogP contribution in [0.4, 0.5) is 22.0 Å². The average Bonchev–Trinajstić information content (AvgIpc) is 3.25. The van der Waals surface area contributed by atoms with Crippen LogP contribution in [0.25, 0.3) is 11.1 Å². The summed E-state index contributed by atoms with van der Waals surface area (Å²) in [6.07, 6.45) is -0.879. The van der Waals surface area contributed by atoms with Crippen molar-refractivity contribution in [2.75, 3.05) is 0 Å². The van der Waals surface area contributed by atoms with Gasteiger partial charge in [0.2, 0.25) is 5.91 Å². The van der Waals surface area contributed by atoms with Crippen molar-refractivity contribution >= 4 is 11.8 Å². The lowest BCUT2D eigenvalue weighted by Crippen LogP contribution is -2.34. The van der Waals surface area contributed by atoms with Crippen molar-refractivity contribution in [3.63, 3.8) is 0 Å². The number of hydrogen-bond acceptors (Lipinski definition) is 4. The molecule has 7 nitrogen and oxygen atoms in total. The molecule has 4 atom stereocenters. The van der Waals surface area contributed by atoms with Crippen LogP contribution in [0, 0.1) is 29.3 Å². The first kappa shape index (κ1) is 28.5. The molecule has 2 heterocycles. The van der Waals surface area contributed by atoms with Gasteiger partial charge in [-0.1, -0.05) is 19.1 Å². The van der Waals surface area contributed by atoms with Crippen LogP contribution in [-0.4, -0.2) is 26.6 Å². The third-order valence-corrected chi connectivity index (χ3v) is 8.36. The van der Waals surface area contributed by atoms with Crippen LogP contribution in [-0.2, 0) is 24.2 Å². The number of aromatic nitrogens is 3. The molecule has 2 aliphatic rings. The smallest absolute Gasteiger partial charge is 0.282 e. The Morgan fingerprint density at radius 3 is 2.51 bits per heavy atom. The van der Waals surface area contributed by atoms with Gasteiger partial charge in [-0.3, -0.25) is 19.3 Å². The van der Waals surface area contributed by atoms with Gasteiger partial charge in [-0.2, -0.15) is 5.10 Å². The second-order valence-corrected chi connectivity index (χ2v) is 11.1. The summed E-state index contributed by atoms with van der Waals surface area (Å²) >= 11 is 0. The Morgan fingerprint density at radius 2 is 1.81 bits per heavy atom. The molecule has 43 heavy (non-hydrogen) atoms. The summed E-state index contributed by atoms with van der Waals surface area (Å²) < 4.78 is 71.4. The molecule has 3 N–H and O–H groups in total. The third-order valence-electron chi connectivity index (χ3n) is 8.36. The number of alkyl halides is 2. The van der Waals surface area contributed by atoms with Crippen LogP contribution in [0.15, 0.2) is 54.7 Å². The number of carbonyl (C=O) groups excluding carboxylic acids is 2. The number of pyridine rings is 1. The molecule has 222 valence electrons. The number of amides is 2. The number of hydrogen-bond donors (Lipinski definition) is 2. The summed E-state index contributed by atoms with van der Waals surface area (Å²) in [6, 6.07) is 8.96. The fourth-order valence-corrected chi connectivity index (χ4v) is 6.34. The van der Waals surface area contributed by atoms with Crippen LogP contribution in [0.1, 0.15) is 63.9 Å². The first-order valence-corrected chi connectivity index (χ1v) is 13.7. The van der Waals surface area contributed by atoms with Gasteiger partial charge in [-0.15, -0.1) is 0 Å². The molecule has 2 amide bonds. The maximum atomic E-state index is 14.2. The van der Waals surface area contributed by atoms with E-state index in [1.807, 2.05) is 6.92 Å². The van der Waals surface area contributed by atoms with E-state index in [9.17, 15) is 31.5 Å². The fourth-order valence-electron chi connectivity index (χ4n) is 6.34. The number of nitrogens with one attached hydrogen (secondary N) is 1. The average molecular weight is 596 g/mol. The summed E-state index contributed by atoms with van der Waals surface area (Å²) in [5.74, 6) is -3.45. The highest BCUT2D eigenvalue weighted by Crippen LogP contribution is 2.62. The Balaban J connectivity index is 1.35. The summed E-state index contributed by atoms with van der Waals surface area (Å²) in [7, 11) is 0. The SMILES string of the molecule is C[C@H]1[C@H]2Cc3c(c(C(F)F)nn3CC(=O)N[C@@H](Cc3cc(F)cc(F)c3)c3ncccc3-c3ccc(F)c(C(N)=O)c3)[C@@H]12. The second kappa shape index (κ2) is 10.9. The standard InChI is InChI=1S/C31H26F5N5O2/c1-14-20-12-24-27(26(14)20)29(30(35)36)40-41(24)13-25(42)39-23(9-15-7-17(32)11-18(33)8-15)28-19(3-2-6-38-28)16-4-5-22(34)21(10-16)31(37)43/h2-8,10-11,14,20,23,26,30H,9,12-13H2,1H3,(H2,37,43)(H,39,42)/t14-,20+,23-,26-/m0/s1. The van der Waals surface area contributed by atoms with Crippen molar-refractivity contribution in [1.29, 1.82) is 0 Å². The molecule has 2 aliphatic carbocycles. The molecule has 6 rings (SSSR count). The number of fused-ring (bicyclic) bond motifs is 3. The maximum absolute atomic E-state index is 14.2. The van der Waals surface area contributed by atoms with Gasteiger partial charge in [-0.05, 0) is 72.1 Å². The molecule has 2 aromatic heterocycles. The highest BCUT2D eigenvalue weighted by atomic mass is 19.3. The lowest BCUT2D eigenvalue weighted by molar-refractivity contribution is -0.122. The fraction of sp³-hybridized carbons (Fsp3) is 0.290. The van der Waals surface area contributed by atoms with Crippen molar-refractivity contribution in [1.82, 2.24) is 20.1 Å². The Bertz CT molecular complexity index is 1740. The van der Waals surface area contributed by atoms with Crippen LogP contribution in [0.5, 0.6) is 0 Å². The van der Waals surface area contributed by atoms with E-state index in [1.165, 1.54) is 23.0 Å². The summed E-state index contributed by atoms with van der Waals surface area (Å²) in [5.41, 5.74) is 7.06. The first-order valence-electron chi connectivity index (χ1n) is 13.7. The third kappa shape index (κ3) is 5.37. The van der Waals surface area contributed by atoms with Crippen molar-refractivity contribution < 1.29 is 31.5 Å². The first-order chi connectivity index (χ1) is 20.5. The van der Waals surface area contributed by atoms with Gasteiger partial charge in [0.15, 0.2) is 0 Å². The van der Waals surface area contributed by atoms with Crippen molar-refractivity contribution in [3.8, 4) is 11.1 Å². The van der Waals surface area contributed by atoms with Crippen LogP contribution < -0.4 is 11.1 Å². The molecule has 0 spiro atoms. The van der Waals surface area contributed by atoms with E-state index in [0.29, 0.717) is 28.8 Å². The predicted molar refractivity (Wildman–Crippen MR) is 145 cm³/mol. The number of rotatable bonds is 9. The zero-order chi connectivity index (χ0) is 30.6. The van der Waals surface area contributed by atoms with E-state index in [0.717, 1.165) is 24.3 Å². The molecule has 2 aromatic carbocycles. The quantitative estimate of drug-likeness (QED) is 0.253. The normalized spacial score (nSPS) is 19.2. The minimum Gasteiger partial charge on any atom is -0.366 e. The zero-order valence-corrected chi connectivity index (χ0v) is 22.8. The van der Waals surface area contributed by atoms with E-state index >= 15 is 0 Å². The minimum absolute atomic E-state index is 0.0171. The van der Waals surface area contributed by atoms with Crippen LogP contribution in [0.2, 0.25) is 0 Å². The summed E-state index contributed by atoms with van der Waals surface area (Å²) in [5, 5.41) is 6.91. The number of halogens is 5. The van der Waals surface area contributed by atoms with E-state index in [2.05, 4.69) is 15.4 Å². The summed E-state index contributed by atoms with van der Waals surface area (Å²) in [6.45, 7) is 1.65. The molecule has 0 saturated heterocycles. The van der Waals surface area contributed by atoms with Crippen molar-refractivity contribution in [2.24, 2.45) is 17.6 Å². The van der Waals surface area contributed by atoms with Gasteiger partial charge in [0.25, 0.3) is 12.3 Å². The predicted octanol–water partition coefficient (Wildman–Crippen LogP) is 5.40. The largest absolute Gasteiger partial charge is 0.366 e. The Hall–Kier alpha value is -4.61. The molecule has 0 radical (unpaired) electrons. The maximum Gasteiger partial charge on any atom is 0.282 e. The molecule has 1 saturated carbocycles. The van der Waals surface area contributed by atoms with Crippen molar-refractivity contribution in [2.45, 2.75) is 44.7 Å². The molecule has 12 heteroatoms. The monoisotopic (exact) mass is 595 g/mol. The van der Waals surface area contributed by atoms with Crippen molar-refractivity contribution in [3.05, 3.63) is 106 Å². The van der Waals surface area contributed by atoms with Gasteiger partial charge in [0, 0.05) is 29.1 Å². The Labute approximate surface area is 242 Å². The van der Waals surface area contributed by atoms with E-state index in [-0.39, 0.29) is 53.2 Å². The number of carbonyl (C=O) groups is 2. The van der Waals surface area contributed by atoms with Gasteiger partial charge in [0.1, 0.15) is 29.7 Å². The Morgan fingerprint density at radius 1 is 1.07 bits per heavy atom. The molecule has 0 bridgehead atoms. The lowest BCUT2D eigenvalue weighted by atomic mass is 9.94. The van der Waals surface area contributed by atoms with Gasteiger partial charge < -0.3 is 11.1 Å². The Kier molecular flexibility index (Phi) is 7.23.